The van der Waals surface area contributed by atoms with Crippen LogP contribution in [0, 0.1) is 0 Å². The Balaban J connectivity index is 2.30. The third kappa shape index (κ3) is 4.04. The molecule has 7 nitrogen and oxygen atoms in total. The van der Waals surface area contributed by atoms with Crippen LogP contribution in [-0.2, 0) is 20.0 Å². The number of rotatable bonds is 6. The van der Waals surface area contributed by atoms with Crippen LogP contribution in [0.3, 0.4) is 0 Å². The molecule has 2 rings (SSSR count). The SMILES string of the molecule is CCCCS(=O)(=O)Nc1ccc2c(c1)N(S(C)(=O)=O)CCO2. The predicted octanol–water partition coefficient (Wildman–Crippen LogP) is 1.39. The average molecular weight is 348 g/mol. The molecule has 0 atom stereocenters. The molecule has 1 aliphatic rings. The van der Waals surface area contributed by atoms with E-state index in [0.29, 0.717) is 23.5 Å². The molecule has 124 valence electrons. The Morgan fingerprint density at radius 3 is 2.64 bits per heavy atom. The molecular formula is C13H20N2O5S2. The van der Waals surface area contributed by atoms with Crippen LogP contribution < -0.4 is 13.8 Å². The van der Waals surface area contributed by atoms with Crippen molar-refractivity contribution in [3.63, 3.8) is 0 Å². The number of nitrogens with zero attached hydrogens (tertiary/aromatic N) is 1. The fraction of sp³-hybridized carbons (Fsp3) is 0.538. The summed E-state index contributed by atoms with van der Waals surface area (Å²) in [6, 6.07) is 4.62. The minimum atomic E-state index is -3.44. The molecule has 0 saturated carbocycles. The van der Waals surface area contributed by atoms with Gasteiger partial charge < -0.3 is 4.74 Å². The molecule has 0 aliphatic carbocycles. The number of anilines is 2. The van der Waals surface area contributed by atoms with Crippen LogP contribution in [0.2, 0.25) is 0 Å². The van der Waals surface area contributed by atoms with E-state index in [9.17, 15) is 16.8 Å². The summed E-state index contributed by atoms with van der Waals surface area (Å²) in [5, 5.41) is 0. The highest BCUT2D eigenvalue weighted by molar-refractivity contribution is 7.92. The molecule has 0 spiro atoms. The van der Waals surface area contributed by atoms with Crippen molar-refractivity contribution in [2.45, 2.75) is 19.8 Å². The lowest BCUT2D eigenvalue weighted by atomic mass is 10.2. The van der Waals surface area contributed by atoms with Crippen LogP contribution in [0.5, 0.6) is 5.75 Å². The van der Waals surface area contributed by atoms with E-state index in [-0.39, 0.29) is 18.9 Å². The summed E-state index contributed by atoms with van der Waals surface area (Å²) in [6.07, 6.45) is 2.46. The predicted molar refractivity (Wildman–Crippen MR) is 86.4 cm³/mol. The van der Waals surface area contributed by atoms with Crippen LogP contribution >= 0.6 is 0 Å². The van der Waals surface area contributed by atoms with E-state index in [4.69, 9.17) is 4.74 Å². The topological polar surface area (TPSA) is 92.8 Å². The molecule has 0 radical (unpaired) electrons. The minimum Gasteiger partial charge on any atom is -0.489 e. The molecule has 0 bridgehead atoms. The van der Waals surface area contributed by atoms with Gasteiger partial charge in [0.1, 0.15) is 12.4 Å². The normalized spacial score (nSPS) is 15.1. The lowest BCUT2D eigenvalue weighted by molar-refractivity contribution is 0.316. The second-order valence-electron chi connectivity index (χ2n) is 5.14. The molecule has 1 aliphatic heterocycles. The van der Waals surface area contributed by atoms with Gasteiger partial charge in [-0.3, -0.25) is 9.03 Å². The summed E-state index contributed by atoms with van der Waals surface area (Å²) in [5.74, 6) is 0.459. The number of fused-ring (bicyclic) bond motifs is 1. The van der Waals surface area contributed by atoms with Crippen LogP contribution in [0.15, 0.2) is 18.2 Å². The standard InChI is InChI=1S/C13H20N2O5S2/c1-3-4-9-22(18,19)14-11-5-6-13-12(10-11)15(7-8-20-13)21(2,16)17/h5-6,10,14H,3-4,7-9H2,1-2H3. The third-order valence-electron chi connectivity index (χ3n) is 3.22. The fourth-order valence-corrected chi connectivity index (χ4v) is 4.33. The number of benzene rings is 1. The van der Waals surface area contributed by atoms with E-state index < -0.39 is 20.0 Å². The van der Waals surface area contributed by atoms with Crippen molar-refractivity contribution in [1.82, 2.24) is 0 Å². The summed E-state index contributed by atoms with van der Waals surface area (Å²) < 4.78 is 56.6. The molecule has 1 heterocycles. The number of ether oxygens (including phenoxy) is 1. The lowest BCUT2D eigenvalue weighted by Crippen LogP contribution is -2.37. The molecule has 0 unspecified atom stereocenters. The molecule has 22 heavy (non-hydrogen) atoms. The van der Waals surface area contributed by atoms with Gasteiger partial charge in [0, 0.05) is 0 Å². The van der Waals surface area contributed by atoms with Gasteiger partial charge in [-0.2, -0.15) is 0 Å². The highest BCUT2D eigenvalue weighted by Crippen LogP contribution is 2.35. The zero-order valence-corrected chi connectivity index (χ0v) is 14.2. The number of nitrogens with one attached hydrogen (secondary N) is 1. The van der Waals surface area contributed by atoms with Gasteiger partial charge in [0.05, 0.1) is 29.9 Å². The van der Waals surface area contributed by atoms with Crippen molar-refractivity contribution in [1.29, 1.82) is 0 Å². The molecular weight excluding hydrogens is 328 g/mol. The molecule has 0 saturated heterocycles. The van der Waals surface area contributed by atoms with Gasteiger partial charge in [-0.1, -0.05) is 13.3 Å². The van der Waals surface area contributed by atoms with E-state index >= 15 is 0 Å². The van der Waals surface area contributed by atoms with E-state index in [2.05, 4.69) is 4.72 Å². The number of sulfonamides is 2. The number of unbranched alkanes of at least 4 members (excludes halogenated alkanes) is 1. The lowest BCUT2D eigenvalue weighted by Gasteiger charge is -2.29. The van der Waals surface area contributed by atoms with Gasteiger partial charge in [0.2, 0.25) is 20.0 Å². The van der Waals surface area contributed by atoms with Crippen LogP contribution in [-0.4, -0.2) is 42.0 Å². The summed E-state index contributed by atoms with van der Waals surface area (Å²) in [7, 11) is -6.87. The van der Waals surface area contributed by atoms with Crippen molar-refractivity contribution in [3.05, 3.63) is 18.2 Å². The Kier molecular flexibility index (Phi) is 4.86. The summed E-state index contributed by atoms with van der Waals surface area (Å²) in [4.78, 5) is 0. The number of hydrogen-bond acceptors (Lipinski definition) is 5. The molecule has 1 aromatic carbocycles. The Hall–Kier alpha value is -1.48. The van der Waals surface area contributed by atoms with Gasteiger partial charge >= 0.3 is 0 Å². The van der Waals surface area contributed by atoms with Crippen molar-refractivity contribution in [2.75, 3.05) is 34.2 Å². The van der Waals surface area contributed by atoms with E-state index in [1.54, 1.807) is 12.1 Å². The zero-order valence-electron chi connectivity index (χ0n) is 12.6. The van der Waals surface area contributed by atoms with Crippen molar-refractivity contribution >= 4 is 31.4 Å². The van der Waals surface area contributed by atoms with E-state index in [1.807, 2.05) is 6.92 Å². The van der Waals surface area contributed by atoms with E-state index in [1.165, 1.54) is 10.4 Å². The smallest absolute Gasteiger partial charge is 0.232 e. The van der Waals surface area contributed by atoms with Crippen LogP contribution in [0.1, 0.15) is 19.8 Å². The molecule has 0 fully saturated rings. The largest absolute Gasteiger partial charge is 0.489 e. The third-order valence-corrected chi connectivity index (χ3v) is 5.77. The van der Waals surface area contributed by atoms with Gasteiger partial charge in [0.25, 0.3) is 0 Å². The average Bonchev–Trinajstić information content (AvgIpc) is 2.43. The molecule has 1 aromatic rings. The quantitative estimate of drug-likeness (QED) is 0.838. The Bertz CT molecular complexity index is 744. The zero-order chi connectivity index (χ0) is 16.4. The molecule has 9 heteroatoms. The first kappa shape index (κ1) is 16.9. The first-order valence-corrected chi connectivity index (χ1v) is 10.5. The van der Waals surface area contributed by atoms with Crippen LogP contribution in [0.4, 0.5) is 11.4 Å². The minimum absolute atomic E-state index is 0.0346. The maximum Gasteiger partial charge on any atom is 0.232 e. The number of hydrogen-bond donors (Lipinski definition) is 1. The molecule has 0 aromatic heterocycles. The first-order valence-electron chi connectivity index (χ1n) is 6.98. The Morgan fingerprint density at radius 1 is 1.27 bits per heavy atom. The molecule has 1 N–H and O–H groups in total. The monoisotopic (exact) mass is 348 g/mol. The van der Waals surface area contributed by atoms with Crippen molar-refractivity contribution < 1.29 is 21.6 Å². The summed E-state index contributed by atoms with van der Waals surface area (Å²) in [5.41, 5.74) is 0.679. The first-order chi connectivity index (χ1) is 10.2. The maximum atomic E-state index is 11.9. The van der Waals surface area contributed by atoms with E-state index in [0.717, 1.165) is 12.7 Å². The van der Waals surface area contributed by atoms with Gasteiger partial charge in [-0.15, -0.1) is 0 Å². The van der Waals surface area contributed by atoms with Gasteiger partial charge in [-0.05, 0) is 24.6 Å². The Morgan fingerprint density at radius 2 is 2.00 bits per heavy atom. The highest BCUT2D eigenvalue weighted by Gasteiger charge is 2.25. The second kappa shape index (κ2) is 6.33. The van der Waals surface area contributed by atoms with Crippen LogP contribution in [0.25, 0.3) is 0 Å². The second-order valence-corrected chi connectivity index (χ2v) is 8.89. The highest BCUT2D eigenvalue weighted by atomic mass is 32.2. The van der Waals surface area contributed by atoms with Crippen molar-refractivity contribution in [3.8, 4) is 5.75 Å². The van der Waals surface area contributed by atoms with Gasteiger partial charge in [-0.25, -0.2) is 16.8 Å². The summed E-state index contributed by atoms with van der Waals surface area (Å²) >= 11 is 0. The fourth-order valence-electron chi connectivity index (χ4n) is 2.17. The van der Waals surface area contributed by atoms with Crippen molar-refractivity contribution in [2.24, 2.45) is 0 Å². The Labute approximate surface area is 131 Å². The van der Waals surface area contributed by atoms with Gasteiger partial charge in [0.15, 0.2) is 0 Å². The summed E-state index contributed by atoms with van der Waals surface area (Å²) in [6.45, 7) is 2.38. The maximum absolute atomic E-state index is 11.9. The molecule has 0 amide bonds.